The Bertz CT molecular complexity index is 675. The van der Waals surface area contributed by atoms with Crippen molar-refractivity contribution in [3.8, 4) is 0 Å². The van der Waals surface area contributed by atoms with Crippen LogP contribution in [0.1, 0.15) is 29.0 Å². The van der Waals surface area contributed by atoms with Crippen molar-refractivity contribution in [2.75, 3.05) is 33.2 Å². The Kier molecular flexibility index (Phi) is 8.10. The number of halogens is 1. The SMILES string of the molecule is CCc1ccc(C2CNCCN2CC(=O)N(C)Cc2cccs2)cc1.Cl. The van der Waals surface area contributed by atoms with Gasteiger partial charge in [-0.05, 0) is 29.0 Å². The minimum Gasteiger partial charge on any atom is -0.340 e. The molecule has 3 rings (SSSR count). The van der Waals surface area contributed by atoms with Crippen LogP contribution in [0, 0.1) is 0 Å². The van der Waals surface area contributed by atoms with Gasteiger partial charge < -0.3 is 10.2 Å². The molecule has 2 heterocycles. The molecule has 1 atom stereocenters. The van der Waals surface area contributed by atoms with Gasteiger partial charge in [0.1, 0.15) is 0 Å². The number of carbonyl (C=O) groups excluding carboxylic acids is 1. The number of carbonyl (C=O) groups is 1. The summed E-state index contributed by atoms with van der Waals surface area (Å²) >= 11 is 1.70. The average Bonchev–Trinajstić information content (AvgIpc) is 3.15. The van der Waals surface area contributed by atoms with Gasteiger partial charge in [0.2, 0.25) is 5.91 Å². The van der Waals surface area contributed by atoms with E-state index in [4.69, 9.17) is 0 Å². The van der Waals surface area contributed by atoms with Crippen LogP contribution < -0.4 is 5.32 Å². The van der Waals surface area contributed by atoms with Crippen LogP contribution in [0.3, 0.4) is 0 Å². The Balaban J connectivity index is 0.00000243. The molecule has 0 radical (unpaired) electrons. The zero-order chi connectivity index (χ0) is 17.6. The highest BCUT2D eigenvalue weighted by molar-refractivity contribution is 7.09. The Morgan fingerprint density at radius 3 is 2.73 bits per heavy atom. The molecule has 1 aliphatic rings. The average molecular weight is 394 g/mol. The number of hydrogen-bond donors (Lipinski definition) is 1. The van der Waals surface area contributed by atoms with Gasteiger partial charge >= 0.3 is 0 Å². The number of hydrogen-bond acceptors (Lipinski definition) is 4. The van der Waals surface area contributed by atoms with E-state index < -0.39 is 0 Å². The quantitative estimate of drug-likeness (QED) is 0.817. The van der Waals surface area contributed by atoms with Crippen LogP contribution in [0.5, 0.6) is 0 Å². The molecule has 0 bridgehead atoms. The van der Waals surface area contributed by atoms with Crippen molar-refractivity contribution in [2.24, 2.45) is 0 Å². The fraction of sp³-hybridized carbons (Fsp3) is 0.450. The molecule has 1 aromatic heterocycles. The number of likely N-dealkylation sites (N-methyl/N-ethyl adjacent to an activating group) is 1. The van der Waals surface area contributed by atoms with E-state index in [1.807, 2.05) is 18.0 Å². The first kappa shape index (κ1) is 20.9. The normalized spacial score (nSPS) is 17.5. The molecule has 6 heteroatoms. The molecule has 2 aromatic rings. The number of thiophene rings is 1. The summed E-state index contributed by atoms with van der Waals surface area (Å²) in [6, 6.07) is 13.2. The molecule has 1 amide bonds. The third-order valence-corrected chi connectivity index (χ3v) is 5.73. The molecule has 142 valence electrons. The summed E-state index contributed by atoms with van der Waals surface area (Å²) in [6.07, 6.45) is 1.05. The lowest BCUT2D eigenvalue weighted by Crippen LogP contribution is -2.49. The highest BCUT2D eigenvalue weighted by Crippen LogP contribution is 2.23. The Hall–Kier alpha value is -1.40. The fourth-order valence-electron chi connectivity index (χ4n) is 3.26. The summed E-state index contributed by atoms with van der Waals surface area (Å²) < 4.78 is 0. The first-order valence-electron chi connectivity index (χ1n) is 8.97. The van der Waals surface area contributed by atoms with E-state index in [2.05, 4.69) is 52.9 Å². The van der Waals surface area contributed by atoms with Crippen LogP contribution >= 0.6 is 23.7 Å². The summed E-state index contributed by atoms with van der Waals surface area (Å²) in [6.45, 7) is 6.07. The largest absolute Gasteiger partial charge is 0.340 e. The highest BCUT2D eigenvalue weighted by Gasteiger charge is 2.26. The van der Waals surface area contributed by atoms with E-state index in [-0.39, 0.29) is 24.4 Å². The summed E-state index contributed by atoms with van der Waals surface area (Å²) in [5.41, 5.74) is 2.64. The van der Waals surface area contributed by atoms with Gasteiger partial charge in [0.25, 0.3) is 0 Å². The van der Waals surface area contributed by atoms with E-state index in [0.717, 1.165) is 26.1 Å². The predicted octanol–water partition coefficient (Wildman–Crippen LogP) is 3.34. The number of benzene rings is 1. The maximum absolute atomic E-state index is 12.7. The Labute approximate surface area is 166 Å². The molecule has 26 heavy (non-hydrogen) atoms. The molecule has 0 aliphatic carbocycles. The molecule has 0 saturated carbocycles. The molecule has 1 aromatic carbocycles. The lowest BCUT2D eigenvalue weighted by molar-refractivity contribution is -0.132. The third kappa shape index (κ3) is 5.30. The Morgan fingerprint density at radius 1 is 1.31 bits per heavy atom. The number of piperazine rings is 1. The number of rotatable bonds is 6. The molecule has 4 nitrogen and oxygen atoms in total. The van der Waals surface area contributed by atoms with E-state index >= 15 is 0 Å². The number of nitrogens with zero attached hydrogens (tertiary/aromatic N) is 2. The minimum atomic E-state index is 0. The van der Waals surface area contributed by atoms with E-state index in [1.54, 1.807) is 11.3 Å². The maximum Gasteiger partial charge on any atom is 0.236 e. The van der Waals surface area contributed by atoms with E-state index in [0.29, 0.717) is 13.1 Å². The van der Waals surface area contributed by atoms with Crippen LogP contribution in [0.4, 0.5) is 0 Å². The second-order valence-electron chi connectivity index (χ2n) is 6.61. The summed E-state index contributed by atoms with van der Waals surface area (Å²) in [5.74, 6) is 0.186. The lowest BCUT2D eigenvalue weighted by Gasteiger charge is -2.36. The molecule has 1 saturated heterocycles. The zero-order valence-electron chi connectivity index (χ0n) is 15.5. The first-order valence-corrected chi connectivity index (χ1v) is 9.85. The minimum absolute atomic E-state index is 0. The standard InChI is InChI=1S/C20H27N3OS.ClH/c1-3-16-6-8-17(9-7-16)19-13-21-10-11-23(19)15-20(24)22(2)14-18-5-4-12-25-18;/h4-9,12,19,21H,3,10-11,13-15H2,1-2H3;1H. The van der Waals surface area contributed by atoms with Gasteiger partial charge in [0.05, 0.1) is 13.1 Å². The zero-order valence-corrected chi connectivity index (χ0v) is 17.1. The lowest BCUT2D eigenvalue weighted by atomic mass is 10.0. The van der Waals surface area contributed by atoms with Crippen molar-refractivity contribution in [1.82, 2.24) is 15.1 Å². The van der Waals surface area contributed by atoms with E-state index in [1.165, 1.54) is 16.0 Å². The smallest absolute Gasteiger partial charge is 0.236 e. The molecule has 1 fully saturated rings. The van der Waals surface area contributed by atoms with Crippen molar-refractivity contribution in [1.29, 1.82) is 0 Å². The molecule has 0 spiro atoms. The van der Waals surface area contributed by atoms with Gasteiger partial charge in [-0.1, -0.05) is 37.3 Å². The molecule has 1 unspecified atom stereocenters. The topological polar surface area (TPSA) is 35.6 Å². The summed E-state index contributed by atoms with van der Waals surface area (Å²) in [5, 5.41) is 5.52. The second-order valence-corrected chi connectivity index (χ2v) is 7.65. The van der Waals surface area contributed by atoms with Crippen LogP contribution in [0.2, 0.25) is 0 Å². The van der Waals surface area contributed by atoms with Gasteiger partial charge in [-0.3, -0.25) is 9.69 Å². The first-order chi connectivity index (χ1) is 12.2. The van der Waals surface area contributed by atoms with E-state index in [9.17, 15) is 4.79 Å². The van der Waals surface area contributed by atoms with Gasteiger partial charge in [-0.2, -0.15) is 0 Å². The Morgan fingerprint density at radius 2 is 2.08 bits per heavy atom. The number of nitrogens with one attached hydrogen (secondary N) is 1. The van der Waals surface area contributed by atoms with Crippen molar-refractivity contribution in [3.63, 3.8) is 0 Å². The van der Waals surface area contributed by atoms with Crippen molar-refractivity contribution in [3.05, 3.63) is 57.8 Å². The van der Waals surface area contributed by atoms with Crippen molar-refractivity contribution >= 4 is 29.7 Å². The van der Waals surface area contributed by atoms with Crippen LogP contribution in [-0.2, 0) is 17.8 Å². The number of amides is 1. The second kappa shape index (κ2) is 10.1. The van der Waals surface area contributed by atoms with Crippen LogP contribution in [0.15, 0.2) is 41.8 Å². The monoisotopic (exact) mass is 393 g/mol. The van der Waals surface area contributed by atoms with Crippen LogP contribution in [-0.4, -0.2) is 48.9 Å². The number of aryl methyl sites for hydroxylation is 1. The molecule has 1 N–H and O–H groups in total. The van der Waals surface area contributed by atoms with Gasteiger partial charge in [-0.25, -0.2) is 0 Å². The molecular weight excluding hydrogens is 366 g/mol. The maximum atomic E-state index is 12.7. The summed E-state index contributed by atoms with van der Waals surface area (Å²) in [4.78, 5) is 18.1. The van der Waals surface area contributed by atoms with Crippen LogP contribution in [0.25, 0.3) is 0 Å². The highest BCUT2D eigenvalue weighted by atomic mass is 35.5. The van der Waals surface area contributed by atoms with Crippen molar-refractivity contribution < 1.29 is 4.79 Å². The van der Waals surface area contributed by atoms with Crippen molar-refractivity contribution in [2.45, 2.75) is 25.9 Å². The molecule has 1 aliphatic heterocycles. The fourth-order valence-corrected chi connectivity index (χ4v) is 4.02. The predicted molar refractivity (Wildman–Crippen MR) is 111 cm³/mol. The van der Waals surface area contributed by atoms with Gasteiger partial charge in [0.15, 0.2) is 0 Å². The summed E-state index contributed by atoms with van der Waals surface area (Å²) in [7, 11) is 1.90. The molecular formula is C20H28ClN3OS. The van der Waals surface area contributed by atoms with Gasteiger partial charge in [-0.15, -0.1) is 23.7 Å². The van der Waals surface area contributed by atoms with Gasteiger partial charge in [0, 0.05) is 37.6 Å². The third-order valence-electron chi connectivity index (χ3n) is 4.86.